The van der Waals surface area contributed by atoms with E-state index in [1.807, 2.05) is 6.73 Å². The van der Waals surface area contributed by atoms with E-state index in [4.69, 9.17) is 0 Å². The molecule has 0 saturated heterocycles. The van der Waals surface area contributed by atoms with Crippen LogP contribution in [0.4, 0.5) is 0 Å². The van der Waals surface area contributed by atoms with Gasteiger partial charge in [-0.15, -0.1) is 0 Å². The average Bonchev–Trinajstić information content (AvgIpc) is 2.12. The molecule has 0 aromatic rings. The molecule has 1 aliphatic rings. The lowest BCUT2D eigenvalue weighted by atomic mass is 10.7. The number of amidine groups is 1. The molecule has 0 fully saturated rings. The van der Waals surface area contributed by atoms with Crippen LogP contribution in [0, 0.1) is 16.8 Å². The summed E-state index contributed by atoms with van der Waals surface area (Å²) in [6, 6.07) is 0. The van der Waals surface area contributed by atoms with E-state index in [1.165, 1.54) is 0 Å². The molecule has 5 heteroatoms. The summed E-state index contributed by atoms with van der Waals surface area (Å²) in [7, 11) is 0. The SMILES string of the molecule is O=[N+]([O-])C1=N[C]OC1. The third kappa shape index (κ3) is 0.812. The molecule has 0 saturated carbocycles. The van der Waals surface area contributed by atoms with Gasteiger partial charge in [-0.05, 0) is 9.92 Å². The lowest BCUT2D eigenvalue weighted by Gasteiger charge is -1.85. The average molecular weight is 114 g/mol. The Balaban J connectivity index is 2.57. The van der Waals surface area contributed by atoms with E-state index in [-0.39, 0.29) is 12.4 Å². The number of rotatable bonds is 0. The number of nitro groups is 1. The normalized spacial score (nSPS) is 18.2. The molecule has 42 valence electrons. The second-order valence-corrected chi connectivity index (χ2v) is 1.17. The summed E-state index contributed by atoms with van der Waals surface area (Å²) >= 11 is 0. The van der Waals surface area contributed by atoms with Crippen molar-refractivity contribution >= 4 is 5.84 Å². The fraction of sp³-hybridized carbons (Fsp3) is 0.333. The maximum atomic E-state index is 9.76. The molecule has 0 bridgehead atoms. The summed E-state index contributed by atoms with van der Waals surface area (Å²) in [6.45, 7) is 1.94. The monoisotopic (exact) mass is 114 g/mol. The minimum absolute atomic E-state index is 0.0625. The van der Waals surface area contributed by atoms with Gasteiger partial charge >= 0.3 is 12.6 Å². The number of nitrogens with zero attached hydrogens (tertiary/aromatic N) is 2. The zero-order chi connectivity index (χ0) is 5.98. The van der Waals surface area contributed by atoms with Gasteiger partial charge in [-0.1, -0.05) is 0 Å². The predicted molar refractivity (Wildman–Crippen MR) is 23.6 cm³/mol. The summed E-state index contributed by atoms with van der Waals surface area (Å²) in [4.78, 5) is 12.3. The predicted octanol–water partition coefficient (Wildman–Crippen LogP) is -0.312. The molecular weight excluding hydrogens is 112 g/mol. The van der Waals surface area contributed by atoms with Crippen molar-refractivity contribution in [2.75, 3.05) is 6.61 Å². The first-order valence-corrected chi connectivity index (χ1v) is 1.88. The summed E-state index contributed by atoms with van der Waals surface area (Å²) in [5.41, 5.74) is 0. The summed E-state index contributed by atoms with van der Waals surface area (Å²) in [6.07, 6.45) is 0. The molecule has 1 rings (SSSR count). The fourth-order valence-electron chi connectivity index (χ4n) is 0.308. The van der Waals surface area contributed by atoms with Crippen LogP contribution in [-0.2, 0) is 4.74 Å². The number of hydrogen-bond donors (Lipinski definition) is 0. The van der Waals surface area contributed by atoms with Gasteiger partial charge in [0.05, 0.1) is 0 Å². The van der Waals surface area contributed by atoms with Crippen molar-refractivity contribution in [1.82, 2.24) is 0 Å². The van der Waals surface area contributed by atoms with Crippen LogP contribution in [0.1, 0.15) is 0 Å². The van der Waals surface area contributed by atoms with E-state index in [1.54, 1.807) is 0 Å². The maximum absolute atomic E-state index is 9.76. The smallest absolute Gasteiger partial charge is 0.358 e. The van der Waals surface area contributed by atoms with E-state index in [9.17, 15) is 10.1 Å². The van der Waals surface area contributed by atoms with Gasteiger partial charge in [0.15, 0.2) is 6.61 Å². The van der Waals surface area contributed by atoms with E-state index in [0.717, 1.165) is 0 Å². The van der Waals surface area contributed by atoms with Crippen LogP contribution >= 0.6 is 0 Å². The van der Waals surface area contributed by atoms with Gasteiger partial charge in [0.2, 0.25) is 0 Å². The van der Waals surface area contributed by atoms with Crippen molar-refractivity contribution in [3.05, 3.63) is 16.8 Å². The topological polar surface area (TPSA) is 64.7 Å². The highest BCUT2D eigenvalue weighted by Crippen LogP contribution is 1.97. The summed E-state index contributed by atoms with van der Waals surface area (Å²) in [5, 5.41) is 9.76. The lowest BCUT2D eigenvalue weighted by Crippen LogP contribution is -2.12. The van der Waals surface area contributed by atoms with Crippen molar-refractivity contribution in [3.63, 3.8) is 0 Å². The van der Waals surface area contributed by atoms with Gasteiger partial charge in [0.25, 0.3) is 0 Å². The Bertz CT molecular complexity index is 141. The van der Waals surface area contributed by atoms with Crippen LogP contribution in [0.15, 0.2) is 4.99 Å². The lowest BCUT2D eigenvalue weighted by molar-refractivity contribution is -0.352. The van der Waals surface area contributed by atoms with Crippen molar-refractivity contribution in [3.8, 4) is 0 Å². The van der Waals surface area contributed by atoms with E-state index in [2.05, 4.69) is 9.73 Å². The summed E-state index contributed by atoms with van der Waals surface area (Å²) in [5.74, 6) is -0.190. The molecule has 1 aliphatic heterocycles. The Hall–Kier alpha value is -0.970. The first-order chi connectivity index (χ1) is 3.80. The van der Waals surface area contributed by atoms with Crippen LogP contribution in [0.3, 0.4) is 0 Å². The Morgan fingerprint density at radius 2 is 2.75 bits per heavy atom. The van der Waals surface area contributed by atoms with Crippen molar-refractivity contribution in [2.24, 2.45) is 4.99 Å². The third-order valence-corrected chi connectivity index (χ3v) is 0.651. The van der Waals surface area contributed by atoms with Crippen LogP contribution in [-0.4, -0.2) is 17.4 Å². The van der Waals surface area contributed by atoms with Gasteiger partial charge in [0, 0.05) is 0 Å². The Labute approximate surface area is 45.1 Å². The van der Waals surface area contributed by atoms with Crippen LogP contribution < -0.4 is 0 Å². The molecule has 0 spiro atoms. The van der Waals surface area contributed by atoms with Gasteiger partial charge in [-0.3, -0.25) is 0 Å². The van der Waals surface area contributed by atoms with Gasteiger partial charge in [-0.25, -0.2) is 0 Å². The van der Waals surface area contributed by atoms with E-state index in [0.29, 0.717) is 0 Å². The third-order valence-electron chi connectivity index (χ3n) is 0.651. The van der Waals surface area contributed by atoms with Crippen molar-refractivity contribution in [1.29, 1.82) is 0 Å². The highest BCUT2D eigenvalue weighted by molar-refractivity contribution is 5.76. The molecule has 0 amide bonds. The molecule has 1 heterocycles. The van der Waals surface area contributed by atoms with Gasteiger partial charge in [0.1, 0.15) is 0 Å². The Morgan fingerprint density at radius 3 is 3.00 bits per heavy atom. The van der Waals surface area contributed by atoms with Crippen LogP contribution in [0.25, 0.3) is 0 Å². The van der Waals surface area contributed by atoms with E-state index < -0.39 is 4.92 Å². The molecule has 0 N–H and O–H groups in total. The van der Waals surface area contributed by atoms with Gasteiger partial charge < -0.3 is 14.9 Å². The minimum atomic E-state index is -0.597. The largest absolute Gasteiger partial charge is 0.413 e. The van der Waals surface area contributed by atoms with Gasteiger partial charge in [-0.2, -0.15) is 0 Å². The number of hydrogen-bond acceptors (Lipinski definition) is 4. The van der Waals surface area contributed by atoms with Crippen LogP contribution in [0.2, 0.25) is 0 Å². The highest BCUT2D eigenvalue weighted by Gasteiger charge is 2.20. The van der Waals surface area contributed by atoms with E-state index >= 15 is 0 Å². The quantitative estimate of drug-likeness (QED) is 0.320. The fourth-order valence-corrected chi connectivity index (χ4v) is 0.308. The Kier molecular flexibility index (Phi) is 1.21. The molecule has 0 atom stereocenters. The van der Waals surface area contributed by atoms with Crippen molar-refractivity contribution < 1.29 is 9.66 Å². The standard InChI is InChI=1S/C3H2N2O3/c6-5(7)3-1-8-2-4-3/h1H2. The molecule has 0 aromatic heterocycles. The summed E-state index contributed by atoms with van der Waals surface area (Å²) < 4.78 is 4.32. The highest BCUT2D eigenvalue weighted by atomic mass is 16.6. The number of ether oxygens (including phenoxy) is 1. The first-order valence-electron chi connectivity index (χ1n) is 1.88. The second kappa shape index (κ2) is 1.87. The second-order valence-electron chi connectivity index (χ2n) is 1.17. The van der Waals surface area contributed by atoms with Crippen LogP contribution in [0.5, 0.6) is 0 Å². The molecule has 2 radical (unpaired) electrons. The zero-order valence-electron chi connectivity index (χ0n) is 3.83. The number of aliphatic imine (C=N–C) groups is 1. The molecule has 5 nitrogen and oxygen atoms in total. The molecule has 8 heavy (non-hydrogen) atoms. The molecule has 0 aliphatic carbocycles. The maximum Gasteiger partial charge on any atom is 0.413 e. The van der Waals surface area contributed by atoms with Crippen molar-refractivity contribution in [2.45, 2.75) is 0 Å². The zero-order valence-corrected chi connectivity index (χ0v) is 3.83. The molecule has 0 aromatic carbocycles. The molecule has 0 unspecified atom stereocenters. The molecular formula is C3H2N2O3. The Morgan fingerprint density at radius 1 is 2.00 bits per heavy atom. The first kappa shape index (κ1) is 5.17. The minimum Gasteiger partial charge on any atom is -0.358 e.